The first-order chi connectivity index (χ1) is 19.9. The van der Waals surface area contributed by atoms with E-state index in [1.54, 1.807) is 48.5 Å². The van der Waals surface area contributed by atoms with Crippen molar-refractivity contribution < 1.29 is 37.4 Å². The van der Waals surface area contributed by atoms with E-state index in [4.69, 9.17) is 25.8 Å². The Labute approximate surface area is 240 Å². The van der Waals surface area contributed by atoms with Gasteiger partial charge in [-0.15, -0.1) is 0 Å². The Balaban J connectivity index is 0.000000616. The Bertz CT molecular complexity index is 1380. The Morgan fingerprint density at radius 1 is 0.929 bits per heavy atom. The van der Waals surface area contributed by atoms with Crippen LogP contribution in [0.2, 0.25) is 0 Å². The molecule has 222 valence electrons. The van der Waals surface area contributed by atoms with E-state index in [1.807, 2.05) is 35.2 Å². The lowest BCUT2D eigenvalue weighted by Gasteiger charge is -2.20. The molecule has 4 rings (SSSR count). The molecule has 1 aliphatic heterocycles. The monoisotopic (exact) mass is 584 g/mol. The number of nitrogens with two attached hydrogens (primary N) is 1. The second-order valence-electron chi connectivity index (χ2n) is 9.49. The molecule has 0 aliphatic carbocycles. The molecule has 1 heterocycles. The van der Waals surface area contributed by atoms with E-state index in [0.29, 0.717) is 28.9 Å². The maximum Gasteiger partial charge on any atom is 0.490 e. The third-order valence-electron chi connectivity index (χ3n) is 6.29. The second kappa shape index (κ2) is 14.7. The van der Waals surface area contributed by atoms with Crippen molar-refractivity contribution in [3.63, 3.8) is 0 Å². The standard InChI is InChI=1S/C28H30N4O3.C2HF3O2/c29-26(30)23-9-6-10-25(18-23)35-19-24(17-20-7-2-1-3-8-20)31-27(33)21-11-13-22(14-12-21)28(34)32-15-4-5-16-32;3-2(4,5)1(6)7/h1-3,6-14,18,24H,4-5,15-17,19H2,(H3,29,30)(H,31,33);(H,6,7)/t24-;/m1./s1. The topological polar surface area (TPSA) is 146 Å². The van der Waals surface area contributed by atoms with Crippen molar-refractivity contribution in [3.8, 4) is 5.75 Å². The maximum absolute atomic E-state index is 13.0. The number of aliphatic carboxylic acids is 1. The molecule has 0 spiro atoms. The smallest absolute Gasteiger partial charge is 0.490 e. The van der Waals surface area contributed by atoms with E-state index in [9.17, 15) is 22.8 Å². The van der Waals surface area contributed by atoms with Crippen LogP contribution in [0.1, 0.15) is 44.7 Å². The van der Waals surface area contributed by atoms with Gasteiger partial charge in [-0.05, 0) is 61.2 Å². The minimum atomic E-state index is -5.08. The van der Waals surface area contributed by atoms with Crippen LogP contribution in [-0.4, -0.2) is 65.5 Å². The molecule has 9 nitrogen and oxygen atoms in total. The van der Waals surface area contributed by atoms with Gasteiger partial charge in [-0.1, -0.05) is 42.5 Å². The van der Waals surface area contributed by atoms with Crippen LogP contribution in [0.25, 0.3) is 0 Å². The Hall–Kier alpha value is -4.87. The van der Waals surface area contributed by atoms with Gasteiger partial charge in [-0.3, -0.25) is 15.0 Å². The van der Waals surface area contributed by atoms with E-state index < -0.39 is 12.1 Å². The van der Waals surface area contributed by atoms with Gasteiger partial charge in [0, 0.05) is 29.8 Å². The average molecular weight is 585 g/mol. The largest absolute Gasteiger partial charge is 0.491 e. The molecule has 0 bridgehead atoms. The zero-order valence-electron chi connectivity index (χ0n) is 22.6. The Kier molecular flexibility index (Phi) is 11.1. The molecule has 1 aliphatic rings. The lowest BCUT2D eigenvalue weighted by Crippen LogP contribution is -2.40. The number of amides is 2. The van der Waals surface area contributed by atoms with Crippen LogP contribution >= 0.6 is 0 Å². The summed E-state index contributed by atoms with van der Waals surface area (Å²) in [5.74, 6) is -2.43. The van der Waals surface area contributed by atoms with Crippen molar-refractivity contribution >= 4 is 23.6 Å². The number of benzene rings is 3. The second-order valence-corrected chi connectivity index (χ2v) is 9.49. The van der Waals surface area contributed by atoms with Crippen molar-refractivity contribution in [2.45, 2.75) is 31.5 Å². The van der Waals surface area contributed by atoms with Crippen LogP contribution in [0.3, 0.4) is 0 Å². The molecule has 0 saturated carbocycles. The van der Waals surface area contributed by atoms with Gasteiger partial charge >= 0.3 is 12.1 Å². The lowest BCUT2D eigenvalue weighted by molar-refractivity contribution is -0.192. The minimum absolute atomic E-state index is 0.0117. The average Bonchev–Trinajstić information content (AvgIpc) is 3.51. The lowest BCUT2D eigenvalue weighted by atomic mass is 10.1. The molecule has 0 radical (unpaired) electrons. The Morgan fingerprint density at radius 3 is 2.10 bits per heavy atom. The number of nitrogen functional groups attached to an aromatic ring is 1. The maximum atomic E-state index is 13.0. The van der Waals surface area contributed by atoms with Crippen molar-refractivity contribution in [3.05, 3.63) is 101 Å². The van der Waals surface area contributed by atoms with E-state index in [2.05, 4.69) is 5.32 Å². The van der Waals surface area contributed by atoms with Crippen LogP contribution in [-0.2, 0) is 11.2 Å². The van der Waals surface area contributed by atoms with Gasteiger partial charge in [0.2, 0.25) is 0 Å². The summed E-state index contributed by atoms with van der Waals surface area (Å²) in [4.78, 5) is 36.4. The number of amidine groups is 1. The molecular formula is C30H31F3N4O5. The Morgan fingerprint density at radius 2 is 1.52 bits per heavy atom. The number of alkyl halides is 3. The van der Waals surface area contributed by atoms with Crippen molar-refractivity contribution in [2.75, 3.05) is 19.7 Å². The number of carboxylic acids is 1. The number of rotatable bonds is 9. The minimum Gasteiger partial charge on any atom is -0.491 e. The van der Waals surface area contributed by atoms with E-state index in [0.717, 1.165) is 31.5 Å². The molecule has 42 heavy (non-hydrogen) atoms. The predicted molar refractivity (Wildman–Crippen MR) is 150 cm³/mol. The highest BCUT2D eigenvalue weighted by atomic mass is 19.4. The van der Waals surface area contributed by atoms with E-state index >= 15 is 0 Å². The molecule has 3 aromatic rings. The molecule has 1 fully saturated rings. The summed E-state index contributed by atoms with van der Waals surface area (Å²) in [6, 6.07) is 23.4. The van der Waals surface area contributed by atoms with Crippen LogP contribution in [0.4, 0.5) is 13.2 Å². The number of halogens is 3. The summed E-state index contributed by atoms with van der Waals surface area (Å²) >= 11 is 0. The molecule has 0 aromatic heterocycles. The molecule has 2 amide bonds. The highest BCUT2D eigenvalue weighted by molar-refractivity contribution is 5.98. The summed E-state index contributed by atoms with van der Waals surface area (Å²) in [7, 11) is 0. The van der Waals surface area contributed by atoms with Crippen molar-refractivity contribution in [1.29, 1.82) is 5.41 Å². The third kappa shape index (κ3) is 9.65. The van der Waals surface area contributed by atoms with Crippen LogP contribution in [0, 0.1) is 5.41 Å². The van der Waals surface area contributed by atoms with E-state index in [1.165, 1.54) is 0 Å². The van der Waals surface area contributed by atoms with Gasteiger partial charge in [-0.25, -0.2) is 4.79 Å². The number of likely N-dealkylation sites (tertiary alicyclic amines) is 1. The van der Waals surface area contributed by atoms with Crippen LogP contribution in [0.15, 0.2) is 78.9 Å². The third-order valence-corrected chi connectivity index (χ3v) is 6.29. The number of carboxylic acid groups (broad SMARTS) is 1. The first-order valence-corrected chi connectivity index (χ1v) is 13.1. The summed E-state index contributed by atoms with van der Waals surface area (Å²) < 4.78 is 37.7. The van der Waals surface area contributed by atoms with Gasteiger partial charge < -0.3 is 25.8 Å². The SMILES string of the molecule is N=C(N)c1cccc(OC[C@@H](Cc2ccccc2)NC(=O)c2ccc(C(=O)N3CCCC3)cc2)c1.O=C(O)C(F)(F)F. The van der Waals surface area contributed by atoms with Gasteiger partial charge in [-0.2, -0.15) is 13.2 Å². The van der Waals surface area contributed by atoms with E-state index in [-0.39, 0.29) is 30.3 Å². The molecular weight excluding hydrogens is 553 g/mol. The van der Waals surface area contributed by atoms with Crippen molar-refractivity contribution in [1.82, 2.24) is 10.2 Å². The summed E-state index contributed by atoms with van der Waals surface area (Å²) in [5, 5.41) is 17.8. The summed E-state index contributed by atoms with van der Waals surface area (Å²) in [5.41, 5.74) is 8.32. The summed E-state index contributed by atoms with van der Waals surface area (Å²) in [6.45, 7) is 1.82. The first kappa shape index (κ1) is 31.7. The number of nitrogens with one attached hydrogen (secondary N) is 2. The molecule has 1 saturated heterocycles. The highest BCUT2D eigenvalue weighted by Gasteiger charge is 2.38. The number of carbonyl (C=O) groups is 3. The predicted octanol–water partition coefficient (Wildman–Crippen LogP) is 4.26. The fraction of sp³-hybridized carbons (Fsp3) is 0.267. The van der Waals surface area contributed by atoms with Gasteiger partial charge in [0.15, 0.2) is 0 Å². The molecule has 12 heteroatoms. The van der Waals surface area contributed by atoms with Gasteiger partial charge in [0.25, 0.3) is 11.8 Å². The number of carbonyl (C=O) groups excluding carboxylic acids is 2. The fourth-order valence-corrected chi connectivity index (χ4v) is 4.14. The quantitative estimate of drug-likeness (QED) is 0.218. The van der Waals surface area contributed by atoms with Crippen molar-refractivity contribution in [2.24, 2.45) is 5.73 Å². The number of hydrogen-bond donors (Lipinski definition) is 4. The molecule has 3 aromatic carbocycles. The molecule has 0 unspecified atom stereocenters. The zero-order chi connectivity index (χ0) is 30.7. The summed E-state index contributed by atoms with van der Waals surface area (Å²) in [6.07, 6.45) is -2.42. The number of nitrogens with zero attached hydrogens (tertiary/aromatic N) is 1. The zero-order valence-corrected chi connectivity index (χ0v) is 22.6. The van der Waals surface area contributed by atoms with Crippen LogP contribution < -0.4 is 15.8 Å². The van der Waals surface area contributed by atoms with Crippen LogP contribution in [0.5, 0.6) is 5.75 Å². The first-order valence-electron chi connectivity index (χ1n) is 13.1. The molecule has 5 N–H and O–H groups in total. The van der Waals surface area contributed by atoms with Gasteiger partial charge in [0.1, 0.15) is 18.2 Å². The number of ether oxygens (including phenoxy) is 1. The number of hydrogen-bond acceptors (Lipinski definition) is 5. The van der Waals surface area contributed by atoms with Gasteiger partial charge in [0.05, 0.1) is 6.04 Å². The molecule has 1 atom stereocenters. The normalized spacial score (nSPS) is 13.4. The highest BCUT2D eigenvalue weighted by Crippen LogP contribution is 2.16. The fourth-order valence-electron chi connectivity index (χ4n) is 4.14.